The van der Waals surface area contributed by atoms with Crippen molar-refractivity contribution < 1.29 is 14.3 Å². The zero-order valence-electron chi connectivity index (χ0n) is 14.7. The number of piperidine rings is 1. The first kappa shape index (κ1) is 16.8. The number of fused-ring (bicyclic) bond motifs is 2. The zero-order valence-corrected chi connectivity index (χ0v) is 14.7. The fraction of sp³-hybridized carbons (Fsp3) is 0.895. The average molecular weight is 321 g/mol. The van der Waals surface area contributed by atoms with Crippen LogP contribution < -0.4 is 0 Å². The van der Waals surface area contributed by atoms with Crippen molar-refractivity contribution in [2.75, 3.05) is 13.1 Å². The third-order valence-electron chi connectivity index (χ3n) is 5.98. The van der Waals surface area contributed by atoms with Gasteiger partial charge in [-0.3, -0.25) is 9.59 Å². The minimum Gasteiger partial charge on any atom is -0.459 e. The van der Waals surface area contributed by atoms with E-state index in [0.29, 0.717) is 24.2 Å². The molecule has 1 unspecified atom stereocenters. The first-order chi connectivity index (χ1) is 11.0. The Balaban J connectivity index is 1.60. The largest absolute Gasteiger partial charge is 0.459 e. The van der Waals surface area contributed by atoms with Crippen LogP contribution in [0, 0.1) is 17.8 Å². The van der Waals surface area contributed by atoms with Crippen LogP contribution in [-0.2, 0) is 14.3 Å². The Morgan fingerprint density at radius 3 is 2.26 bits per heavy atom. The first-order valence-electron chi connectivity index (χ1n) is 9.49. The zero-order chi connectivity index (χ0) is 16.4. The SMILES string of the molecule is CCC(=O)OC1(C)C[C@@H]2C[C@@H](CN(C(=O)C3CCCCC3)C2)C1. The highest BCUT2D eigenvalue weighted by molar-refractivity contribution is 5.79. The van der Waals surface area contributed by atoms with Crippen molar-refractivity contribution in [3.63, 3.8) is 0 Å². The molecule has 1 aliphatic heterocycles. The van der Waals surface area contributed by atoms with Gasteiger partial charge in [0.1, 0.15) is 5.60 Å². The van der Waals surface area contributed by atoms with Gasteiger partial charge in [-0.1, -0.05) is 26.2 Å². The van der Waals surface area contributed by atoms with Crippen molar-refractivity contribution in [3.05, 3.63) is 0 Å². The Kier molecular flexibility index (Phi) is 4.98. The summed E-state index contributed by atoms with van der Waals surface area (Å²) in [5.74, 6) is 1.55. The molecule has 2 aliphatic carbocycles. The van der Waals surface area contributed by atoms with Gasteiger partial charge in [-0.25, -0.2) is 0 Å². The molecule has 4 heteroatoms. The predicted molar refractivity (Wildman–Crippen MR) is 88.8 cm³/mol. The van der Waals surface area contributed by atoms with E-state index in [4.69, 9.17) is 4.74 Å². The number of likely N-dealkylation sites (tertiary alicyclic amines) is 1. The molecule has 1 amide bonds. The monoisotopic (exact) mass is 321 g/mol. The summed E-state index contributed by atoms with van der Waals surface area (Å²) < 4.78 is 5.73. The van der Waals surface area contributed by atoms with Gasteiger partial charge in [0.15, 0.2) is 0 Å². The van der Waals surface area contributed by atoms with Crippen molar-refractivity contribution in [1.29, 1.82) is 0 Å². The Hall–Kier alpha value is -1.06. The molecule has 3 rings (SSSR count). The van der Waals surface area contributed by atoms with Crippen LogP contribution in [0.3, 0.4) is 0 Å². The topological polar surface area (TPSA) is 46.6 Å². The summed E-state index contributed by atoms with van der Waals surface area (Å²) in [6.45, 7) is 5.66. The quantitative estimate of drug-likeness (QED) is 0.747. The van der Waals surface area contributed by atoms with Gasteiger partial charge in [0.25, 0.3) is 0 Å². The van der Waals surface area contributed by atoms with Crippen LogP contribution in [-0.4, -0.2) is 35.5 Å². The number of amides is 1. The van der Waals surface area contributed by atoms with Crippen LogP contribution >= 0.6 is 0 Å². The summed E-state index contributed by atoms with van der Waals surface area (Å²) in [5.41, 5.74) is -0.319. The fourth-order valence-electron chi connectivity index (χ4n) is 5.14. The highest BCUT2D eigenvalue weighted by Gasteiger charge is 2.45. The van der Waals surface area contributed by atoms with Crippen LogP contribution in [0.2, 0.25) is 0 Å². The van der Waals surface area contributed by atoms with Crippen molar-refractivity contribution >= 4 is 11.9 Å². The van der Waals surface area contributed by atoms with E-state index in [1.807, 2.05) is 6.92 Å². The molecular formula is C19H31NO3. The smallest absolute Gasteiger partial charge is 0.306 e. The summed E-state index contributed by atoms with van der Waals surface area (Å²) >= 11 is 0. The molecule has 4 nitrogen and oxygen atoms in total. The lowest BCUT2D eigenvalue weighted by Crippen LogP contribution is -2.53. The van der Waals surface area contributed by atoms with E-state index >= 15 is 0 Å². The third-order valence-corrected chi connectivity index (χ3v) is 5.98. The molecule has 1 saturated heterocycles. The maximum atomic E-state index is 12.8. The van der Waals surface area contributed by atoms with Crippen molar-refractivity contribution in [1.82, 2.24) is 4.90 Å². The molecule has 130 valence electrons. The van der Waals surface area contributed by atoms with Crippen LogP contribution in [0.1, 0.15) is 71.6 Å². The molecular weight excluding hydrogens is 290 g/mol. The number of nitrogens with zero attached hydrogens (tertiary/aromatic N) is 1. The Labute approximate surface area is 139 Å². The van der Waals surface area contributed by atoms with Crippen LogP contribution in [0.4, 0.5) is 0 Å². The number of esters is 1. The third kappa shape index (κ3) is 3.89. The summed E-state index contributed by atoms with van der Waals surface area (Å²) in [5, 5.41) is 0. The second-order valence-electron chi connectivity index (χ2n) is 8.23. The molecule has 3 aliphatic rings. The van der Waals surface area contributed by atoms with Gasteiger partial charge in [0, 0.05) is 25.4 Å². The predicted octanol–water partition coefficient (Wildman–Crippen LogP) is 3.54. The molecule has 0 aromatic rings. The molecule has 23 heavy (non-hydrogen) atoms. The van der Waals surface area contributed by atoms with Crippen molar-refractivity contribution in [3.8, 4) is 0 Å². The van der Waals surface area contributed by atoms with E-state index in [9.17, 15) is 9.59 Å². The van der Waals surface area contributed by atoms with Crippen LogP contribution in [0.15, 0.2) is 0 Å². The number of hydrogen-bond acceptors (Lipinski definition) is 3. The number of carbonyl (C=O) groups excluding carboxylic acids is 2. The Bertz CT molecular complexity index is 442. The first-order valence-corrected chi connectivity index (χ1v) is 9.49. The molecule has 2 bridgehead atoms. The van der Waals surface area contributed by atoms with Gasteiger partial charge in [0.05, 0.1) is 0 Å². The summed E-state index contributed by atoms with van der Waals surface area (Å²) in [6, 6.07) is 0. The minimum atomic E-state index is -0.319. The lowest BCUT2D eigenvalue weighted by atomic mass is 9.70. The van der Waals surface area contributed by atoms with E-state index < -0.39 is 0 Å². The van der Waals surface area contributed by atoms with Gasteiger partial charge in [-0.15, -0.1) is 0 Å². The van der Waals surface area contributed by atoms with Crippen LogP contribution in [0.5, 0.6) is 0 Å². The summed E-state index contributed by atoms with van der Waals surface area (Å²) in [7, 11) is 0. The van der Waals surface area contributed by atoms with Gasteiger partial charge in [0.2, 0.25) is 5.91 Å². The lowest BCUT2D eigenvalue weighted by Gasteiger charge is -2.48. The maximum Gasteiger partial charge on any atom is 0.306 e. The molecule has 0 aromatic heterocycles. The van der Waals surface area contributed by atoms with Gasteiger partial charge in [-0.2, -0.15) is 0 Å². The normalized spacial score (nSPS) is 35.0. The number of ether oxygens (including phenoxy) is 1. The number of hydrogen-bond donors (Lipinski definition) is 0. The minimum absolute atomic E-state index is 0.0948. The lowest BCUT2D eigenvalue weighted by molar-refractivity contribution is -0.169. The Morgan fingerprint density at radius 1 is 1.09 bits per heavy atom. The number of rotatable bonds is 3. The highest BCUT2D eigenvalue weighted by atomic mass is 16.6. The average Bonchev–Trinajstić information content (AvgIpc) is 2.53. The maximum absolute atomic E-state index is 12.8. The van der Waals surface area contributed by atoms with Gasteiger partial charge in [-0.05, 0) is 50.9 Å². The second kappa shape index (κ2) is 6.82. The molecule has 0 aromatic carbocycles. The van der Waals surface area contributed by atoms with Crippen molar-refractivity contribution in [2.45, 2.75) is 77.2 Å². The number of carbonyl (C=O) groups is 2. The molecule has 2 saturated carbocycles. The van der Waals surface area contributed by atoms with E-state index in [1.54, 1.807) is 0 Å². The molecule has 0 spiro atoms. The second-order valence-corrected chi connectivity index (χ2v) is 8.23. The summed E-state index contributed by atoms with van der Waals surface area (Å²) in [4.78, 5) is 26.6. The standard InChI is InChI=1S/C19H31NO3/c1-3-17(21)23-19(2)10-14-9-15(11-19)13-20(12-14)18(22)16-7-5-4-6-8-16/h14-16H,3-13H2,1-2H3/t14-,15+,19?. The van der Waals surface area contributed by atoms with Crippen molar-refractivity contribution in [2.24, 2.45) is 17.8 Å². The van der Waals surface area contributed by atoms with E-state index in [1.165, 1.54) is 25.7 Å². The van der Waals surface area contributed by atoms with E-state index in [-0.39, 0.29) is 17.5 Å². The fourth-order valence-corrected chi connectivity index (χ4v) is 5.14. The van der Waals surface area contributed by atoms with Crippen LogP contribution in [0.25, 0.3) is 0 Å². The van der Waals surface area contributed by atoms with E-state index in [0.717, 1.165) is 38.8 Å². The molecule has 3 atom stereocenters. The Morgan fingerprint density at radius 2 is 1.70 bits per heavy atom. The molecule has 0 radical (unpaired) electrons. The van der Waals surface area contributed by atoms with E-state index in [2.05, 4.69) is 11.8 Å². The highest BCUT2D eigenvalue weighted by Crippen LogP contribution is 2.43. The molecule has 0 N–H and O–H groups in total. The van der Waals surface area contributed by atoms with Gasteiger partial charge >= 0.3 is 5.97 Å². The molecule has 3 fully saturated rings. The molecule has 1 heterocycles. The summed E-state index contributed by atoms with van der Waals surface area (Å²) in [6.07, 6.45) is 9.31. The van der Waals surface area contributed by atoms with Gasteiger partial charge < -0.3 is 9.64 Å².